The number of thioether (sulfide) groups is 1. The lowest BCUT2D eigenvalue weighted by Gasteiger charge is -2.26. The summed E-state index contributed by atoms with van der Waals surface area (Å²) in [6, 6.07) is 0.145. The second-order valence-electron chi connectivity index (χ2n) is 6.34. The van der Waals surface area contributed by atoms with Crippen LogP contribution in [-0.4, -0.2) is 53.5 Å². The minimum atomic E-state index is -0.260. The fraction of sp³-hybridized carbons (Fsp3) is 0.867. The Morgan fingerprint density at radius 1 is 1.19 bits per heavy atom. The van der Waals surface area contributed by atoms with Crippen LogP contribution in [0.1, 0.15) is 38.5 Å². The van der Waals surface area contributed by atoms with Gasteiger partial charge in [0.25, 0.3) is 0 Å². The summed E-state index contributed by atoms with van der Waals surface area (Å²) in [5.41, 5.74) is 0. The Balaban J connectivity index is 1.52. The maximum atomic E-state index is 12.5. The molecule has 0 spiro atoms. The lowest BCUT2D eigenvalue weighted by molar-refractivity contribution is -0.141. The summed E-state index contributed by atoms with van der Waals surface area (Å²) in [5.74, 6) is 1.81. The molecule has 3 aliphatic rings. The largest absolute Gasteiger partial charge is 0.353 e. The number of hydrogen-bond acceptors (Lipinski definition) is 4. The molecule has 3 rings (SSSR count). The highest BCUT2D eigenvalue weighted by Crippen LogP contribution is 2.30. The van der Waals surface area contributed by atoms with E-state index in [1.54, 1.807) is 11.8 Å². The molecule has 0 bridgehead atoms. The molecule has 6 heteroatoms. The van der Waals surface area contributed by atoms with Gasteiger partial charge in [-0.25, -0.2) is 0 Å². The predicted molar refractivity (Wildman–Crippen MR) is 84.0 cm³/mol. The second-order valence-corrected chi connectivity index (χ2v) is 7.34. The maximum absolute atomic E-state index is 12.5. The highest BCUT2D eigenvalue weighted by atomic mass is 32.2. The van der Waals surface area contributed by atoms with Crippen molar-refractivity contribution in [2.24, 2.45) is 5.92 Å². The molecule has 2 saturated heterocycles. The van der Waals surface area contributed by atoms with Crippen LogP contribution in [0.2, 0.25) is 0 Å². The quantitative estimate of drug-likeness (QED) is 0.811. The molecule has 1 aliphatic carbocycles. The molecule has 21 heavy (non-hydrogen) atoms. The molecule has 3 fully saturated rings. The van der Waals surface area contributed by atoms with E-state index in [0.29, 0.717) is 18.5 Å². The van der Waals surface area contributed by atoms with Crippen molar-refractivity contribution in [3.05, 3.63) is 0 Å². The Morgan fingerprint density at radius 3 is 2.71 bits per heavy atom. The van der Waals surface area contributed by atoms with E-state index >= 15 is 0 Å². The molecule has 2 heterocycles. The Bertz CT molecular complexity index is 392. The third-order valence-electron chi connectivity index (χ3n) is 4.86. The van der Waals surface area contributed by atoms with Gasteiger partial charge in [0.1, 0.15) is 6.04 Å². The minimum Gasteiger partial charge on any atom is -0.353 e. The van der Waals surface area contributed by atoms with Crippen LogP contribution in [0.5, 0.6) is 0 Å². The Labute approximate surface area is 130 Å². The van der Waals surface area contributed by atoms with E-state index in [1.165, 1.54) is 6.42 Å². The van der Waals surface area contributed by atoms with E-state index in [2.05, 4.69) is 10.6 Å². The van der Waals surface area contributed by atoms with Crippen molar-refractivity contribution in [3.8, 4) is 0 Å². The van der Waals surface area contributed by atoms with Crippen molar-refractivity contribution >= 4 is 23.6 Å². The summed E-state index contributed by atoms with van der Waals surface area (Å²) in [6.45, 7) is 1.73. The van der Waals surface area contributed by atoms with Crippen LogP contribution in [-0.2, 0) is 9.59 Å². The van der Waals surface area contributed by atoms with Gasteiger partial charge in [-0.2, -0.15) is 0 Å². The third-order valence-corrected chi connectivity index (χ3v) is 5.87. The molecule has 2 unspecified atom stereocenters. The van der Waals surface area contributed by atoms with Gasteiger partial charge in [0.15, 0.2) is 0 Å². The normalized spacial score (nSPS) is 30.0. The van der Waals surface area contributed by atoms with Gasteiger partial charge in [0, 0.05) is 24.3 Å². The molecule has 1 saturated carbocycles. The van der Waals surface area contributed by atoms with Crippen molar-refractivity contribution in [1.82, 2.24) is 15.5 Å². The van der Waals surface area contributed by atoms with E-state index in [-0.39, 0.29) is 23.8 Å². The van der Waals surface area contributed by atoms with Gasteiger partial charge in [-0.1, -0.05) is 12.8 Å². The van der Waals surface area contributed by atoms with E-state index in [0.717, 1.165) is 44.4 Å². The summed E-state index contributed by atoms with van der Waals surface area (Å²) in [6.07, 6.45) is 6.63. The van der Waals surface area contributed by atoms with Crippen molar-refractivity contribution in [2.45, 2.75) is 50.6 Å². The van der Waals surface area contributed by atoms with Crippen LogP contribution in [0.3, 0.4) is 0 Å². The molecule has 118 valence electrons. The smallest absolute Gasteiger partial charge is 0.243 e. The molecule has 2 atom stereocenters. The van der Waals surface area contributed by atoms with Crippen LogP contribution >= 0.6 is 11.8 Å². The maximum Gasteiger partial charge on any atom is 0.243 e. The number of hydrogen-bond donors (Lipinski definition) is 2. The fourth-order valence-corrected chi connectivity index (χ4v) is 4.72. The highest BCUT2D eigenvalue weighted by Gasteiger charge is 2.38. The first-order valence-electron chi connectivity index (χ1n) is 8.15. The lowest BCUT2D eigenvalue weighted by atomic mass is 10.1. The van der Waals surface area contributed by atoms with Crippen molar-refractivity contribution in [3.63, 3.8) is 0 Å². The van der Waals surface area contributed by atoms with Crippen LogP contribution in [0.4, 0.5) is 0 Å². The van der Waals surface area contributed by atoms with Crippen molar-refractivity contribution in [2.75, 3.05) is 24.7 Å². The standard InChI is InChI=1S/C15H25N3O2S/c19-14(17-8-12-6-3-7-16-12)13-9-21-10-18(13)15(20)11-4-1-2-5-11/h11-13,16H,1-10H2,(H,17,19). The highest BCUT2D eigenvalue weighted by molar-refractivity contribution is 7.99. The first-order chi connectivity index (χ1) is 10.3. The monoisotopic (exact) mass is 311 g/mol. The molecule has 2 amide bonds. The van der Waals surface area contributed by atoms with Crippen LogP contribution in [0, 0.1) is 5.92 Å². The zero-order valence-electron chi connectivity index (χ0n) is 12.5. The van der Waals surface area contributed by atoms with Crippen LogP contribution in [0.25, 0.3) is 0 Å². The average Bonchev–Trinajstić information content (AvgIpc) is 3.26. The first kappa shape index (κ1) is 15.2. The van der Waals surface area contributed by atoms with Crippen molar-refractivity contribution < 1.29 is 9.59 Å². The number of nitrogens with zero attached hydrogens (tertiary/aromatic N) is 1. The number of amides is 2. The molecule has 0 aromatic carbocycles. The molecular formula is C15H25N3O2S. The topological polar surface area (TPSA) is 61.4 Å². The Kier molecular flexibility index (Phi) is 5.06. The molecule has 2 N–H and O–H groups in total. The van der Waals surface area contributed by atoms with Gasteiger partial charge in [-0.3, -0.25) is 9.59 Å². The van der Waals surface area contributed by atoms with E-state index in [9.17, 15) is 9.59 Å². The van der Waals surface area contributed by atoms with Gasteiger partial charge in [-0.15, -0.1) is 11.8 Å². The summed E-state index contributed by atoms with van der Waals surface area (Å²) >= 11 is 1.69. The number of rotatable bonds is 4. The zero-order chi connectivity index (χ0) is 14.7. The molecule has 2 aliphatic heterocycles. The molecule has 0 radical (unpaired) electrons. The predicted octanol–water partition coefficient (Wildman–Crippen LogP) is 0.946. The summed E-state index contributed by atoms with van der Waals surface area (Å²) in [7, 11) is 0. The van der Waals surface area contributed by atoms with Gasteiger partial charge in [-0.05, 0) is 32.2 Å². The van der Waals surface area contributed by atoms with Gasteiger partial charge < -0.3 is 15.5 Å². The lowest BCUT2D eigenvalue weighted by Crippen LogP contribution is -2.50. The fourth-order valence-electron chi connectivity index (χ4n) is 3.56. The van der Waals surface area contributed by atoms with Crippen LogP contribution < -0.4 is 10.6 Å². The molecule has 0 aromatic rings. The second kappa shape index (κ2) is 7.01. The zero-order valence-corrected chi connectivity index (χ0v) is 13.3. The van der Waals surface area contributed by atoms with Gasteiger partial charge in [0.05, 0.1) is 5.88 Å². The summed E-state index contributed by atoms with van der Waals surface area (Å²) < 4.78 is 0. The van der Waals surface area contributed by atoms with Gasteiger partial charge in [0.2, 0.25) is 11.8 Å². The Morgan fingerprint density at radius 2 is 2.00 bits per heavy atom. The number of nitrogens with one attached hydrogen (secondary N) is 2. The number of carbonyl (C=O) groups excluding carboxylic acids is 2. The molecule has 5 nitrogen and oxygen atoms in total. The minimum absolute atomic E-state index is 0.0278. The Hall–Kier alpha value is -0.750. The SMILES string of the molecule is O=C(NCC1CCCN1)C1CSCN1C(=O)C1CCCC1. The summed E-state index contributed by atoms with van der Waals surface area (Å²) in [5, 5.41) is 6.41. The van der Waals surface area contributed by atoms with Gasteiger partial charge >= 0.3 is 0 Å². The van der Waals surface area contributed by atoms with Crippen LogP contribution in [0.15, 0.2) is 0 Å². The average molecular weight is 311 g/mol. The summed E-state index contributed by atoms with van der Waals surface area (Å²) in [4.78, 5) is 26.7. The molecule has 0 aromatic heterocycles. The first-order valence-corrected chi connectivity index (χ1v) is 9.30. The van der Waals surface area contributed by atoms with E-state index in [1.807, 2.05) is 4.90 Å². The van der Waals surface area contributed by atoms with E-state index in [4.69, 9.17) is 0 Å². The van der Waals surface area contributed by atoms with Crippen molar-refractivity contribution in [1.29, 1.82) is 0 Å². The van der Waals surface area contributed by atoms with E-state index < -0.39 is 0 Å². The number of carbonyl (C=O) groups is 2. The third kappa shape index (κ3) is 3.54. The molecular weight excluding hydrogens is 286 g/mol.